The first kappa shape index (κ1) is 18.2. The Morgan fingerprint density at radius 2 is 1.85 bits per heavy atom. The van der Waals surface area contributed by atoms with Crippen LogP contribution in [0, 0.1) is 11.7 Å². The van der Waals surface area contributed by atoms with Crippen molar-refractivity contribution in [3.05, 3.63) is 60.4 Å². The van der Waals surface area contributed by atoms with E-state index in [1.807, 2.05) is 35.2 Å². The molecule has 0 N–H and O–H groups in total. The predicted molar refractivity (Wildman–Crippen MR) is 97.8 cm³/mol. The molecule has 26 heavy (non-hydrogen) atoms. The van der Waals surface area contributed by atoms with E-state index >= 15 is 0 Å². The van der Waals surface area contributed by atoms with Crippen LogP contribution in [0.25, 0.3) is 0 Å². The van der Waals surface area contributed by atoms with Crippen LogP contribution >= 0.6 is 0 Å². The lowest BCUT2D eigenvalue weighted by Crippen LogP contribution is -2.42. The number of halogens is 1. The molecule has 2 aromatic rings. The molecule has 0 bridgehead atoms. The third-order valence-electron chi connectivity index (χ3n) is 4.51. The van der Waals surface area contributed by atoms with E-state index in [0.29, 0.717) is 26.2 Å². The number of hydrogen-bond donors (Lipinski definition) is 0. The number of para-hydroxylation sites is 2. The standard InChI is InChI=1S/C21H24FNO3/c22-19-10-4-5-11-20(19)26-16-17-7-6-13-23(15-17)21(24)12-14-25-18-8-2-1-3-9-18/h1-5,8-11,17H,6-7,12-16H2. The highest BCUT2D eigenvalue weighted by Crippen LogP contribution is 2.21. The van der Waals surface area contributed by atoms with Crippen molar-refractivity contribution < 1.29 is 18.7 Å². The van der Waals surface area contributed by atoms with Gasteiger partial charge in [-0.05, 0) is 37.1 Å². The van der Waals surface area contributed by atoms with Crippen molar-refractivity contribution in [2.24, 2.45) is 5.92 Å². The number of hydrogen-bond acceptors (Lipinski definition) is 3. The Morgan fingerprint density at radius 3 is 2.65 bits per heavy atom. The molecule has 0 spiro atoms. The van der Waals surface area contributed by atoms with Crippen LogP contribution in [0.5, 0.6) is 11.5 Å². The van der Waals surface area contributed by atoms with Crippen LogP contribution in [-0.4, -0.2) is 37.1 Å². The van der Waals surface area contributed by atoms with Gasteiger partial charge in [-0.1, -0.05) is 30.3 Å². The van der Waals surface area contributed by atoms with Crippen LogP contribution in [0.1, 0.15) is 19.3 Å². The molecule has 0 saturated carbocycles. The van der Waals surface area contributed by atoms with Gasteiger partial charge < -0.3 is 14.4 Å². The molecule has 0 radical (unpaired) electrons. The second-order valence-electron chi connectivity index (χ2n) is 6.50. The second-order valence-corrected chi connectivity index (χ2v) is 6.50. The molecule has 1 aliphatic rings. The first-order valence-corrected chi connectivity index (χ1v) is 9.05. The van der Waals surface area contributed by atoms with Crippen LogP contribution in [0.4, 0.5) is 4.39 Å². The summed E-state index contributed by atoms with van der Waals surface area (Å²) >= 11 is 0. The van der Waals surface area contributed by atoms with Gasteiger partial charge >= 0.3 is 0 Å². The Bertz CT molecular complexity index is 707. The molecule has 1 atom stereocenters. The number of likely N-dealkylation sites (tertiary alicyclic amines) is 1. The lowest BCUT2D eigenvalue weighted by atomic mass is 9.98. The van der Waals surface area contributed by atoms with E-state index < -0.39 is 0 Å². The molecule has 2 aromatic carbocycles. The predicted octanol–water partition coefficient (Wildman–Crippen LogP) is 3.91. The fourth-order valence-corrected chi connectivity index (χ4v) is 3.13. The fraction of sp³-hybridized carbons (Fsp3) is 0.381. The van der Waals surface area contributed by atoms with E-state index in [0.717, 1.165) is 25.1 Å². The lowest BCUT2D eigenvalue weighted by molar-refractivity contribution is -0.133. The van der Waals surface area contributed by atoms with Gasteiger partial charge in [-0.2, -0.15) is 0 Å². The highest BCUT2D eigenvalue weighted by Gasteiger charge is 2.24. The zero-order valence-electron chi connectivity index (χ0n) is 14.8. The van der Waals surface area contributed by atoms with E-state index in [4.69, 9.17) is 9.47 Å². The normalized spacial score (nSPS) is 17.0. The summed E-state index contributed by atoms with van der Waals surface area (Å²) in [5.41, 5.74) is 0. The molecule has 1 heterocycles. The molecule has 1 aliphatic heterocycles. The minimum Gasteiger partial charge on any atom is -0.493 e. The number of carbonyl (C=O) groups is 1. The molecule has 0 aromatic heterocycles. The number of amides is 1. The van der Waals surface area contributed by atoms with E-state index in [1.54, 1.807) is 18.2 Å². The smallest absolute Gasteiger partial charge is 0.226 e. The molecular formula is C21H24FNO3. The van der Waals surface area contributed by atoms with Gasteiger partial charge in [0.1, 0.15) is 5.75 Å². The highest BCUT2D eigenvalue weighted by atomic mass is 19.1. The van der Waals surface area contributed by atoms with Gasteiger partial charge in [0.05, 0.1) is 19.6 Å². The number of piperidine rings is 1. The van der Waals surface area contributed by atoms with Crippen molar-refractivity contribution >= 4 is 5.91 Å². The van der Waals surface area contributed by atoms with Crippen molar-refractivity contribution in [3.8, 4) is 11.5 Å². The monoisotopic (exact) mass is 357 g/mol. The van der Waals surface area contributed by atoms with Crippen LogP contribution < -0.4 is 9.47 Å². The van der Waals surface area contributed by atoms with Gasteiger partial charge in [-0.3, -0.25) is 4.79 Å². The van der Waals surface area contributed by atoms with Gasteiger partial charge in [-0.25, -0.2) is 4.39 Å². The summed E-state index contributed by atoms with van der Waals surface area (Å²) in [7, 11) is 0. The summed E-state index contributed by atoms with van der Waals surface area (Å²) in [6.45, 7) is 2.21. The van der Waals surface area contributed by atoms with Crippen molar-refractivity contribution in [1.29, 1.82) is 0 Å². The average molecular weight is 357 g/mol. The Labute approximate surface area is 153 Å². The molecule has 138 valence electrons. The summed E-state index contributed by atoms with van der Waals surface area (Å²) in [5.74, 6) is 1.01. The molecule has 1 saturated heterocycles. The Hall–Kier alpha value is -2.56. The maximum Gasteiger partial charge on any atom is 0.226 e. The third-order valence-corrected chi connectivity index (χ3v) is 4.51. The van der Waals surface area contributed by atoms with E-state index in [9.17, 15) is 9.18 Å². The van der Waals surface area contributed by atoms with E-state index in [-0.39, 0.29) is 23.4 Å². The molecule has 3 rings (SSSR count). The zero-order valence-corrected chi connectivity index (χ0v) is 14.8. The number of nitrogens with zero attached hydrogens (tertiary/aromatic N) is 1. The van der Waals surface area contributed by atoms with Crippen LogP contribution in [0.15, 0.2) is 54.6 Å². The van der Waals surface area contributed by atoms with Gasteiger partial charge in [0.15, 0.2) is 11.6 Å². The Kier molecular flexibility index (Phi) is 6.47. The van der Waals surface area contributed by atoms with Crippen molar-refractivity contribution in [3.63, 3.8) is 0 Å². The molecule has 1 unspecified atom stereocenters. The van der Waals surface area contributed by atoms with E-state index in [1.165, 1.54) is 6.07 Å². The van der Waals surface area contributed by atoms with Crippen LogP contribution in [-0.2, 0) is 4.79 Å². The van der Waals surface area contributed by atoms with Gasteiger partial charge in [-0.15, -0.1) is 0 Å². The molecular weight excluding hydrogens is 333 g/mol. The van der Waals surface area contributed by atoms with Gasteiger partial charge in [0, 0.05) is 19.0 Å². The second kappa shape index (κ2) is 9.22. The largest absolute Gasteiger partial charge is 0.493 e. The summed E-state index contributed by atoms with van der Waals surface area (Å²) in [4.78, 5) is 14.3. The van der Waals surface area contributed by atoms with Crippen molar-refractivity contribution in [2.75, 3.05) is 26.3 Å². The third kappa shape index (κ3) is 5.22. The topological polar surface area (TPSA) is 38.8 Å². The van der Waals surface area contributed by atoms with Crippen molar-refractivity contribution in [2.45, 2.75) is 19.3 Å². The minimum absolute atomic E-state index is 0.0940. The maximum absolute atomic E-state index is 13.6. The number of rotatable bonds is 7. The van der Waals surface area contributed by atoms with Gasteiger partial charge in [0.25, 0.3) is 0 Å². The summed E-state index contributed by atoms with van der Waals surface area (Å²) in [5, 5.41) is 0. The summed E-state index contributed by atoms with van der Waals surface area (Å²) in [6, 6.07) is 15.9. The Balaban J connectivity index is 1.42. The van der Waals surface area contributed by atoms with Crippen molar-refractivity contribution in [1.82, 2.24) is 4.90 Å². The highest BCUT2D eigenvalue weighted by molar-refractivity contribution is 5.76. The molecule has 1 amide bonds. The first-order chi connectivity index (χ1) is 12.7. The van der Waals surface area contributed by atoms with Crippen LogP contribution in [0.3, 0.4) is 0 Å². The summed E-state index contributed by atoms with van der Waals surface area (Å²) in [6.07, 6.45) is 2.28. The molecule has 0 aliphatic carbocycles. The van der Waals surface area contributed by atoms with Crippen LogP contribution in [0.2, 0.25) is 0 Å². The van der Waals surface area contributed by atoms with E-state index in [2.05, 4.69) is 0 Å². The summed E-state index contributed by atoms with van der Waals surface area (Å²) < 4.78 is 24.8. The lowest BCUT2D eigenvalue weighted by Gasteiger charge is -2.32. The number of carbonyl (C=O) groups excluding carboxylic acids is 1. The SMILES string of the molecule is O=C(CCOc1ccccc1)N1CCCC(COc2ccccc2F)C1. The number of benzene rings is 2. The Morgan fingerprint density at radius 1 is 1.08 bits per heavy atom. The molecule has 4 nitrogen and oxygen atoms in total. The molecule has 1 fully saturated rings. The minimum atomic E-state index is -0.352. The number of ether oxygens (including phenoxy) is 2. The maximum atomic E-state index is 13.6. The van der Waals surface area contributed by atoms with Gasteiger partial charge in [0.2, 0.25) is 5.91 Å². The zero-order chi connectivity index (χ0) is 18.2. The molecule has 5 heteroatoms. The average Bonchev–Trinajstić information content (AvgIpc) is 2.68. The first-order valence-electron chi connectivity index (χ1n) is 9.05. The fourth-order valence-electron chi connectivity index (χ4n) is 3.13. The quantitative estimate of drug-likeness (QED) is 0.754.